The maximum absolute atomic E-state index is 9.58. The van der Waals surface area contributed by atoms with E-state index >= 15 is 0 Å². The number of nitriles is 1. The molecule has 0 radical (unpaired) electrons. The summed E-state index contributed by atoms with van der Waals surface area (Å²) < 4.78 is 5.41. The van der Waals surface area contributed by atoms with Gasteiger partial charge in [-0.05, 0) is 18.9 Å². The standard InChI is InChI=1S/C16H22N2O2/c17-9-10-20-15-6-2-1-5-14(15)11-18-12-16(13-19)7-3-4-8-16/h1-2,5-6,18-19H,3-4,7-8,10-13H2. The number of nitrogens with zero attached hydrogens (tertiary/aromatic N) is 1. The van der Waals surface area contributed by atoms with E-state index in [0.29, 0.717) is 6.54 Å². The summed E-state index contributed by atoms with van der Waals surface area (Å²) in [4.78, 5) is 0. The van der Waals surface area contributed by atoms with Gasteiger partial charge in [-0.25, -0.2) is 0 Å². The first-order valence-electron chi connectivity index (χ1n) is 7.19. The van der Waals surface area contributed by atoms with Crippen molar-refractivity contribution in [2.24, 2.45) is 5.41 Å². The number of para-hydroxylation sites is 1. The number of hydrogen-bond acceptors (Lipinski definition) is 4. The zero-order chi connectivity index (χ0) is 14.3. The maximum atomic E-state index is 9.58. The molecule has 1 aromatic carbocycles. The Morgan fingerprint density at radius 2 is 2.05 bits per heavy atom. The van der Waals surface area contributed by atoms with Gasteiger partial charge in [0.25, 0.3) is 0 Å². The Kier molecular flexibility index (Phi) is 5.40. The van der Waals surface area contributed by atoms with Crippen LogP contribution in [0.2, 0.25) is 0 Å². The lowest BCUT2D eigenvalue weighted by atomic mass is 9.87. The van der Waals surface area contributed by atoms with Crippen LogP contribution in [0.4, 0.5) is 0 Å². The van der Waals surface area contributed by atoms with Crippen molar-refractivity contribution in [2.75, 3.05) is 19.8 Å². The number of aliphatic hydroxyl groups excluding tert-OH is 1. The lowest BCUT2D eigenvalue weighted by Gasteiger charge is -2.26. The van der Waals surface area contributed by atoms with Gasteiger partial charge in [0.05, 0.1) is 0 Å². The predicted molar refractivity (Wildman–Crippen MR) is 77.2 cm³/mol. The average molecular weight is 274 g/mol. The summed E-state index contributed by atoms with van der Waals surface area (Å²) in [5, 5.41) is 21.6. The van der Waals surface area contributed by atoms with Crippen LogP contribution in [0.15, 0.2) is 24.3 Å². The summed E-state index contributed by atoms with van der Waals surface area (Å²) in [5.74, 6) is 0.756. The van der Waals surface area contributed by atoms with Crippen molar-refractivity contribution in [2.45, 2.75) is 32.2 Å². The Morgan fingerprint density at radius 3 is 2.75 bits per heavy atom. The summed E-state index contributed by atoms with van der Waals surface area (Å²) in [5.41, 5.74) is 1.11. The molecule has 0 saturated heterocycles. The third-order valence-electron chi connectivity index (χ3n) is 4.08. The maximum Gasteiger partial charge on any atom is 0.174 e. The van der Waals surface area contributed by atoms with Crippen LogP contribution in [-0.4, -0.2) is 24.9 Å². The first kappa shape index (κ1) is 14.8. The van der Waals surface area contributed by atoms with Crippen LogP contribution in [0.25, 0.3) is 0 Å². The van der Waals surface area contributed by atoms with Crippen molar-refractivity contribution < 1.29 is 9.84 Å². The topological polar surface area (TPSA) is 65.3 Å². The number of benzene rings is 1. The lowest BCUT2D eigenvalue weighted by Crippen LogP contribution is -2.34. The first-order valence-corrected chi connectivity index (χ1v) is 7.19. The van der Waals surface area contributed by atoms with Gasteiger partial charge in [0.1, 0.15) is 11.8 Å². The van der Waals surface area contributed by atoms with Crippen LogP contribution in [0.3, 0.4) is 0 Å². The molecular formula is C16H22N2O2. The molecule has 0 unspecified atom stereocenters. The van der Waals surface area contributed by atoms with Crippen molar-refractivity contribution >= 4 is 0 Å². The van der Waals surface area contributed by atoms with Crippen molar-refractivity contribution in [3.63, 3.8) is 0 Å². The molecule has 0 atom stereocenters. The summed E-state index contributed by atoms with van der Waals surface area (Å²) in [7, 11) is 0. The molecule has 4 nitrogen and oxygen atoms in total. The molecule has 20 heavy (non-hydrogen) atoms. The second kappa shape index (κ2) is 7.28. The van der Waals surface area contributed by atoms with E-state index in [1.165, 1.54) is 12.8 Å². The number of ether oxygens (including phenoxy) is 1. The molecule has 2 N–H and O–H groups in total. The van der Waals surface area contributed by atoms with Crippen LogP contribution in [-0.2, 0) is 6.54 Å². The van der Waals surface area contributed by atoms with Gasteiger partial charge >= 0.3 is 0 Å². The van der Waals surface area contributed by atoms with Gasteiger partial charge in [0.2, 0.25) is 0 Å². The third-order valence-corrected chi connectivity index (χ3v) is 4.08. The molecule has 108 valence electrons. The first-order chi connectivity index (χ1) is 9.79. The van der Waals surface area contributed by atoms with Gasteiger partial charge in [-0.2, -0.15) is 5.26 Å². The zero-order valence-corrected chi connectivity index (χ0v) is 11.8. The van der Waals surface area contributed by atoms with Crippen LogP contribution < -0.4 is 10.1 Å². The molecule has 1 aromatic rings. The SMILES string of the molecule is N#CCOc1ccccc1CNCC1(CO)CCCC1. The molecule has 0 spiro atoms. The number of hydrogen-bond donors (Lipinski definition) is 2. The quantitative estimate of drug-likeness (QED) is 0.800. The zero-order valence-electron chi connectivity index (χ0n) is 11.8. The summed E-state index contributed by atoms with van der Waals surface area (Å²) in [6.07, 6.45) is 4.63. The fourth-order valence-electron chi connectivity index (χ4n) is 2.88. The van der Waals surface area contributed by atoms with Gasteiger partial charge < -0.3 is 15.2 Å². The molecule has 1 aliphatic rings. The van der Waals surface area contributed by atoms with Crippen LogP contribution in [0.5, 0.6) is 5.75 Å². The normalized spacial score (nSPS) is 16.8. The van der Waals surface area contributed by atoms with Gasteiger partial charge in [-0.15, -0.1) is 0 Å². The van der Waals surface area contributed by atoms with E-state index in [1.807, 2.05) is 30.3 Å². The molecule has 0 heterocycles. The summed E-state index contributed by atoms with van der Waals surface area (Å²) in [6, 6.07) is 9.74. The second-order valence-electron chi connectivity index (χ2n) is 5.52. The van der Waals surface area contributed by atoms with Crippen LogP contribution in [0, 0.1) is 16.7 Å². The molecule has 1 fully saturated rings. The number of aliphatic hydroxyl groups is 1. The summed E-state index contributed by atoms with van der Waals surface area (Å²) in [6.45, 7) is 1.85. The Bertz CT molecular complexity index is 462. The molecule has 0 amide bonds. The van der Waals surface area contributed by atoms with E-state index in [2.05, 4.69) is 5.32 Å². The number of rotatable bonds is 7. The molecule has 1 saturated carbocycles. The Balaban J connectivity index is 1.89. The largest absolute Gasteiger partial charge is 0.478 e. The Morgan fingerprint density at radius 1 is 1.30 bits per heavy atom. The molecule has 0 aromatic heterocycles. The van der Waals surface area contributed by atoms with E-state index < -0.39 is 0 Å². The van der Waals surface area contributed by atoms with E-state index in [1.54, 1.807) is 0 Å². The summed E-state index contributed by atoms with van der Waals surface area (Å²) >= 11 is 0. The van der Waals surface area contributed by atoms with E-state index in [-0.39, 0.29) is 18.6 Å². The lowest BCUT2D eigenvalue weighted by molar-refractivity contribution is 0.128. The molecule has 2 rings (SSSR count). The fourth-order valence-corrected chi connectivity index (χ4v) is 2.88. The van der Waals surface area contributed by atoms with E-state index in [4.69, 9.17) is 10.00 Å². The highest BCUT2D eigenvalue weighted by Crippen LogP contribution is 2.37. The van der Waals surface area contributed by atoms with Crippen LogP contribution >= 0.6 is 0 Å². The second-order valence-corrected chi connectivity index (χ2v) is 5.52. The highest BCUT2D eigenvalue weighted by molar-refractivity contribution is 5.33. The van der Waals surface area contributed by atoms with E-state index in [0.717, 1.165) is 30.7 Å². The molecular weight excluding hydrogens is 252 g/mol. The minimum absolute atomic E-state index is 0.0580. The number of nitrogens with one attached hydrogen (secondary N) is 1. The predicted octanol–water partition coefficient (Wildman–Crippen LogP) is 2.23. The molecule has 0 aliphatic heterocycles. The average Bonchev–Trinajstić information content (AvgIpc) is 2.96. The van der Waals surface area contributed by atoms with Crippen molar-refractivity contribution in [3.8, 4) is 11.8 Å². The van der Waals surface area contributed by atoms with Gasteiger partial charge in [0.15, 0.2) is 6.61 Å². The van der Waals surface area contributed by atoms with Gasteiger partial charge in [0, 0.05) is 30.7 Å². The Labute approximate surface area is 120 Å². The third kappa shape index (κ3) is 3.72. The van der Waals surface area contributed by atoms with Crippen molar-refractivity contribution in [3.05, 3.63) is 29.8 Å². The van der Waals surface area contributed by atoms with Crippen molar-refractivity contribution in [1.82, 2.24) is 5.32 Å². The minimum atomic E-state index is 0.0580. The smallest absolute Gasteiger partial charge is 0.174 e. The van der Waals surface area contributed by atoms with Crippen LogP contribution in [0.1, 0.15) is 31.2 Å². The molecule has 1 aliphatic carbocycles. The monoisotopic (exact) mass is 274 g/mol. The van der Waals surface area contributed by atoms with Crippen molar-refractivity contribution in [1.29, 1.82) is 5.26 Å². The van der Waals surface area contributed by atoms with Gasteiger partial charge in [-0.1, -0.05) is 31.0 Å². The minimum Gasteiger partial charge on any atom is -0.478 e. The molecule has 0 bridgehead atoms. The highest BCUT2D eigenvalue weighted by Gasteiger charge is 2.32. The fraction of sp³-hybridized carbons (Fsp3) is 0.562. The van der Waals surface area contributed by atoms with Gasteiger partial charge in [-0.3, -0.25) is 0 Å². The highest BCUT2D eigenvalue weighted by atomic mass is 16.5. The van der Waals surface area contributed by atoms with E-state index in [9.17, 15) is 5.11 Å². The molecule has 4 heteroatoms. The Hall–Kier alpha value is -1.57.